The molecule has 0 aliphatic rings. The van der Waals surface area contributed by atoms with E-state index in [4.69, 9.17) is 15.3 Å². The maximum absolute atomic E-state index is 5.34. The molecule has 1 aromatic heterocycles. The van der Waals surface area contributed by atoms with Crippen molar-refractivity contribution in [3.8, 4) is 0 Å². The molecule has 86 valence electrons. The van der Waals surface area contributed by atoms with Crippen LogP contribution in [0.4, 0.5) is 5.13 Å². The van der Waals surface area contributed by atoms with E-state index in [-0.39, 0.29) is 6.10 Å². The molecule has 0 saturated carbocycles. The molecule has 0 saturated heterocycles. The third-order valence-corrected chi connectivity index (χ3v) is 2.32. The van der Waals surface area contributed by atoms with Gasteiger partial charge in [-0.05, 0) is 13.8 Å². The van der Waals surface area contributed by atoms with E-state index in [9.17, 15) is 0 Å². The van der Waals surface area contributed by atoms with Gasteiger partial charge in [0.15, 0.2) is 0 Å². The van der Waals surface area contributed by atoms with Gasteiger partial charge in [-0.3, -0.25) is 5.43 Å². The van der Waals surface area contributed by atoms with Gasteiger partial charge in [0.2, 0.25) is 5.13 Å². The van der Waals surface area contributed by atoms with Gasteiger partial charge in [-0.25, -0.2) is 5.84 Å². The van der Waals surface area contributed by atoms with Crippen molar-refractivity contribution in [1.29, 1.82) is 0 Å². The number of rotatable bonds is 7. The molecule has 0 bridgehead atoms. The summed E-state index contributed by atoms with van der Waals surface area (Å²) in [5, 5.41) is 9.05. The van der Waals surface area contributed by atoms with Crippen LogP contribution in [0.2, 0.25) is 0 Å². The molecular weight excluding hydrogens is 216 g/mol. The number of ether oxygens (including phenoxy) is 2. The fraction of sp³-hybridized carbons (Fsp3) is 0.750. The summed E-state index contributed by atoms with van der Waals surface area (Å²) in [4.78, 5) is 0. The van der Waals surface area contributed by atoms with Gasteiger partial charge >= 0.3 is 0 Å². The van der Waals surface area contributed by atoms with Gasteiger partial charge in [-0.15, -0.1) is 10.2 Å². The van der Waals surface area contributed by atoms with Gasteiger partial charge in [-0.2, -0.15) is 0 Å². The second-order valence-corrected chi connectivity index (χ2v) is 4.18. The number of hydrogen-bond donors (Lipinski definition) is 2. The molecule has 7 heteroatoms. The zero-order valence-electron chi connectivity index (χ0n) is 8.90. The van der Waals surface area contributed by atoms with Crippen LogP contribution in [0.5, 0.6) is 0 Å². The minimum atomic E-state index is 0.239. The minimum Gasteiger partial charge on any atom is -0.376 e. The summed E-state index contributed by atoms with van der Waals surface area (Å²) >= 11 is 1.37. The molecule has 1 aromatic rings. The van der Waals surface area contributed by atoms with E-state index in [2.05, 4.69) is 15.6 Å². The Morgan fingerprint density at radius 1 is 1.40 bits per heavy atom. The average Bonchev–Trinajstić information content (AvgIpc) is 2.65. The van der Waals surface area contributed by atoms with Crippen LogP contribution < -0.4 is 11.3 Å². The number of hydrogen-bond acceptors (Lipinski definition) is 7. The molecule has 3 N–H and O–H groups in total. The predicted molar refractivity (Wildman–Crippen MR) is 58.5 cm³/mol. The second-order valence-electron chi connectivity index (χ2n) is 3.12. The molecule has 0 unspecified atom stereocenters. The standard InChI is InChI=1S/C8H16N4O2S/c1-6(2)14-4-3-13-5-7-11-12-8(10-9)15-7/h6H,3-5,9H2,1-2H3,(H,10,12). The smallest absolute Gasteiger partial charge is 0.219 e. The lowest BCUT2D eigenvalue weighted by molar-refractivity contribution is 0.0141. The normalized spacial score (nSPS) is 10.9. The van der Waals surface area contributed by atoms with Crippen LogP contribution >= 0.6 is 11.3 Å². The Morgan fingerprint density at radius 3 is 2.80 bits per heavy atom. The Bertz CT molecular complexity index is 279. The molecule has 0 aromatic carbocycles. The Kier molecular flexibility index (Phi) is 5.48. The van der Waals surface area contributed by atoms with Gasteiger partial charge in [0.1, 0.15) is 11.6 Å². The highest BCUT2D eigenvalue weighted by molar-refractivity contribution is 7.15. The van der Waals surface area contributed by atoms with Crippen molar-refractivity contribution < 1.29 is 9.47 Å². The summed E-state index contributed by atoms with van der Waals surface area (Å²) in [5.41, 5.74) is 2.43. The summed E-state index contributed by atoms with van der Waals surface area (Å²) in [6, 6.07) is 0. The lowest BCUT2D eigenvalue weighted by Crippen LogP contribution is -2.09. The second kappa shape index (κ2) is 6.67. The van der Waals surface area contributed by atoms with Gasteiger partial charge in [0.25, 0.3) is 0 Å². The van der Waals surface area contributed by atoms with Gasteiger partial charge < -0.3 is 9.47 Å². The molecule has 0 aliphatic heterocycles. The van der Waals surface area contributed by atoms with E-state index < -0.39 is 0 Å². The SMILES string of the molecule is CC(C)OCCOCc1nnc(NN)s1. The van der Waals surface area contributed by atoms with E-state index in [1.807, 2.05) is 13.8 Å². The van der Waals surface area contributed by atoms with Crippen molar-refractivity contribution in [2.45, 2.75) is 26.6 Å². The number of hydrazine groups is 1. The van der Waals surface area contributed by atoms with E-state index in [0.29, 0.717) is 25.0 Å². The fourth-order valence-corrected chi connectivity index (χ4v) is 1.46. The van der Waals surface area contributed by atoms with Crippen LogP contribution in [-0.4, -0.2) is 29.5 Å². The van der Waals surface area contributed by atoms with Crippen molar-refractivity contribution in [3.63, 3.8) is 0 Å². The lowest BCUT2D eigenvalue weighted by Gasteiger charge is -2.06. The Morgan fingerprint density at radius 2 is 2.20 bits per heavy atom. The third-order valence-electron chi connectivity index (χ3n) is 1.49. The van der Waals surface area contributed by atoms with Gasteiger partial charge in [-0.1, -0.05) is 11.3 Å². The van der Waals surface area contributed by atoms with Crippen LogP contribution in [0.15, 0.2) is 0 Å². The first kappa shape index (κ1) is 12.3. The number of nitrogens with two attached hydrogens (primary N) is 1. The number of nitrogens with zero attached hydrogens (tertiary/aromatic N) is 2. The molecule has 1 heterocycles. The predicted octanol–water partition coefficient (Wildman–Crippen LogP) is 0.765. The Labute approximate surface area is 92.8 Å². The summed E-state index contributed by atoms with van der Waals surface area (Å²) in [7, 11) is 0. The topological polar surface area (TPSA) is 82.3 Å². The average molecular weight is 232 g/mol. The highest BCUT2D eigenvalue weighted by Gasteiger charge is 2.02. The Balaban J connectivity index is 2.09. The van der Waals surface area contributed by atoms with E-state index in [0.717, 1.165) is 5.01 Å². The van der Waals surface area contributed by atoms with Crippen molar-refractivity contribution in [3.05, 3.63) is 5.01 Å². The summed E-state index contributed by atoms with van der Waals surface area (Å²) in [6.07, 6.45) is 0.239. The van der Waals surface area contributed by atoms with Crippen molar-refractivity contribution in [2.24, 2.45) is 5.84 Å². The third kappa shape index (κ3) is 5.03. The molecule has 15 heavy (non-hydrogen) atoms. The first-order valence-corrected chi connectivity index (χ1v) is 5.52. The monoisotopic (exact) mass is 232 g/mol. The maximum Gasteiger partial charge on any atom is 0.219 e. The first-order chi connectivity index (χ1) is 7.22. The first-order valence-electron chi connectivity index (χ1n) is 4.70. The molecular formula is C8H16N4O2S. The number of nitrogen functional groups attached to an aromatic ring is 1. The molecule has 1 rings (SSSR count). The molecule has 0 aliphatic carbocycles. The molecule has 0 radical (unpaired) electrons. The quantitative estimate of drug-likeness (QED) is 0.410. The molecule has 0 atom stereocenters. The van der Waals surface area contributed by atoms with Crippen LogP contribution in [-0.2, 0) is 16.1 Å². The summed E-state index contributed by atoms with van der Waals surface area (Å²) in [5.74, 6) is 5.17. The summed E-state index contributed by atoms with van der Waals surface area (Å²) < 4.78 is 10.7. The number of anilines is 1. The van der Waals surface area contributed by atoms with Crippen molar-refractivity contribution >= 4 is 16.5 Å². The zero-order chi connectivity index (χ0) is 11.1. The van der Waals surface area contributed by atoms with Crippen molar-refractivity contribution in [2.75, 3.05) is 18.6 Å². The van der Waals surface area contributed by atoms with E-state index >= 15 is 0 Å². The lowest BCUT2D eigenvalue weighted by atomic mass is 10.5. The molecule has 0 amide bonds. The Hall–Kier alpha value is -0.760. The van der Waals surface area contributed by atoms with E-state index in [1.165, 1.54) is 11.3 Å². The van der Waals surface area contributed by atoms with Crippen LogP contribution in [0.3, 0.4) is 0 Å². The van der Waals surface area contributed by atoms with Crippen LogP contribution in [0.1, 0.15) is 18.9 Å². The highest BCUT2D eigenvalue weighted by Crippen LogP contribution is 2.13. The van der Waals surface area contributed by atoms with Gasteiger partial charge in [0.05, 0.1) is 19.3 Å². The molecule has 0 fully saturated rings. The van der Waals surface area contributed by atoms with Gasteiger partial charge in [0, 0.05) is 0 Å². The number of nitrogens with one attached hydrogen (secondary N) is 1. The van der Waals surface area contributed by atoms with Crippen LogP contribution in [0, 0.1) is 0 Å². The molecule has 6 nitrogen and oxygen atoms in total. The minimum absolute atomic E-state index is 0.239. The fourth-order valence-electron chi connectivity index (χ4n) is 0.872. The van der Waals surface area contributed by atoms with E-state index in [1.54, 1.807) is 0 Å². The zero-order valence-corrected chi connectivity index (χ0v) is 9.71. The molecule has 0 spiro atoms. The van der Waals surface area contributed by atoms with Crippen molar-refractivity contribution in [1.82, 2.24) is 10.2 Å². The largest absolute Gasteiger partial charge is 0.376 e. The maximum atomic E-state index is 5.34. The van der Waals surface area contributed by atoms with Crippen LogP contribution in [0.25, 0.3) is 0 Å². The highest BCUT2D eigenvalue weighted by atomic mass is 32.1. The summed E-state index contributed by atoms with van der Waals surface area (Å²) in [6.45, 7) is 5.58. The number of aromatic nitrogens is 2.